The summed E-state index contributed by atoms with van der Waals surface area (Å²) in [5, 5.41) is 17.6. The van der Waals surface area contributed by atoms with Crippen molar-refractivity contribution in [3.63, 3.8) is 0 Å². The van der Waals surface area contributed by atoms with Crippen molar-refractivity contribution < 1.29 is 9.90 Å². The van der Waals surface area contributed by atoms with E-state index in [4.69, 9.17) is 10.4 Å². The fraction of sp³-hybridized carbons (Fsp3) is 0. The number of allylic oxidation sites excluding steroid dienone is 1. The Morgan fingerprint density at radius 2 is 2.50 bits per heavy atom. The smallest absolute Gasteiger partial charge is 0.160 e. The highest BCUT2D eigenvalue weighted by Crippen LogP contribution is 2.07. The van der Waals surface area contributed by atoms with Gasteiger partial charge in [-0.2, -0.15) is 5.26 Å². The molecule has 0 aliphatic carbocycles. The number of hydrogen-bond donors (Lipinski definition) is 1. The fourth-order valence-electron chi connectivity index (χ4n) is 0.134. The van der Waals surface area contributed by atoms with Crippen LogP contribution in [0.3, 0.4) is 0 Å². The largest absolute Gasteiger partial charge is 0.514 e. The van der Waals surface area contributed by atoms with E-state index in [1.54, 1.807) is 5.40 Å². The zero-order valence-electron chi connectivity index (χ0n) is 3.87. The van der Waals surface area contributed by atoms with Gasteiger partial charge in [-0.1, -0.05) is 0 Å². The lowest BCUT2D eigenvalue weighted by atomic mass is 10.7. The van der Waals surface area contributed by atoms with E-state index in [1.165, 1.54) is 0 Å². The van der Waals surface area contributed by atoms with Gasteiger partial charge in [0.2, 0.25) is 0 Å². The number of thioether (sulfide) groups is 1. The van der Waals surface area contributed by atoms with Crippen LogP contribution in [0.2, 0.25) is 0 Å². The molecule has 42 valence electrons. The molecular formula is C4H3NO2S. The topological polar surface area (TPSA) is 61.1 Å². The fourth-order valence-corrected chi connectivity index (χ4v) is 0.340. The molecule has 0 amide bonds. The Bertz CT molecular complexity index is 147. The standard InChI is InChI=1S/C4H3NO2S/c5-3-8-4(1-6)2-7/h1-2,6H/b4-1+. The lowest BCUT2D eigenvalue weighted by molar-refractivity contribution is -0.104. The van der Waals surface area contributed by atoms with Crippen molar-refractivity contribution in [1.29, 1.82) is 5.26 Å². The third-order valence-corrected chi connectivity index (χ3v) is 0.936. The maximum atomic E-state index is 9.73. The SMILES string of the molecule is N#CS/C(C=O)=C/O. The number of thiocyanates is 1. The highest BCUT2D eigenvalue weighted by atomic mass is 32.2. The molecule has 0 saturated carbocycles. The maximum absolute atomic E-state index is 9.73. The van der Waals surface area contributed by atoms with E-state index in [2.05, 4.69) is 0 Å². The van der Waals surface area contributed by atoms with Gasteiger partial charge in [0.1, 0.15) is 5.40 Å². The monoisotopic (exact) mass is 129 g/mol. The van der Waals surface area contributed by atoms with Crippen LogP contribution in [-0.2, 0) is 4.79 Å². The molecule has 0 radical (unpaired) electrons. The number of aliphatic hydroxyl groups is 1. The van der Waals surface area contributed by atoms with Crippen LogP contribution >= 0.6 is 11.8 Å². The van der Waals surface area contributed by atoms with Crippen LogP contribution in [0.15, 0.2) is 11.2 Å². The third kappa shape index (κ3) is 2.26. The number of aldehydes is 1. The summed E-state index contributed by atoms with van der Waals surface area (Å²) in [5.74, 6) is 0. The summed E-state index contributed by atoms with van der Waals surface area (Å²) in [6, 6.07) is 0. The van der Waals surface area contributed by atoms with Crippen molar-refractivity contribution in [3.05, 3.63) is 11.2 Å². The summed E-state index contributed by atoms with van der Waals surface area (Å²) in [6.45, 7) is 0. The molecule has 0 aromatic rings. The molecule has 0 aromatic carbocycles. The molecule has 0 spiro atoms. The molecule has 0 heterocycles. The molecule has 4 heteroatoms. The van der Waals surface area contributed by atoms with E-state index < -0.39 is 0 Å². The second-order valence-electron chi connectivity index (χ2n) is 0.843. The van der Waals surface area contributed by atoms with Crippen LogP contribution in [0.5, 0.6) is 0 Å². The zero-order chi connectivity index (χ0) is 6.41. The molecule has 0 fully saturated rings. The summed E-state index contributed by atoms with van der Waals surface area (Å²) in [6.07, 6.45) is 1.01. The lowest BCUT2D eigenvalue weighted by Crippen LogP contribution is -1.73. The van der Waals surface area contributed by atoms with Gasteiger partial charge in [-0.05, 0) is 11.8 Å². The molecule has 3 nitrogen and oxygen atoms in total. The number of carbonyl (C=O) groups excluding carboxylic acids is 1. The predicted octanol–water partition coefficient (Wildman–Crippen LogP) is 0.799. The van der Waals surface area contributed by atoms with Gasteiger partial charge in [0, 0.05) is 0 Å². The van der Waals surface area contributed by atoms with E-state index >= 15 is 0 Å². The first-order chi connectivity index (χ1) is 3.85. The number of hydrogen-bond acceptors (Lipinski definition) is 4. The molecule has 0 bridgehead atoms. The molecule has 0 unspecified atom stereocenters. The maximum Gasteiger partial charge on any atom is 0.160 e. The van der Waals surface area contributed by atoms with Crippen molar-refractivity contribution in [2.45, 2.75) is 0 Å². The van der Waals surface area contributed by atoms with Crippen LogP contribution in [0.4, 0.5) is 0 Å². The molecule has 1 N–H and O–H groups in total. The minimum Gasteiger partial charge on any atom is -0.514 e. The molecule has 0 atom stereocenters. The number of nitriles is 1. The summed E-state index contributed by atoms with van der Waals surface area (Å²) < 4.78 is 0. The van der Waals surface area contributed by atoms with Gasteiger partial charge in [0.15, 0.2) is 6.29 Å². The molecule has 8 heavy (non-hydrogen) atoms. The molecule has 0 rings (SSSR count). The van der Waals surface area contributed by atoms with Crippen LogP contribution in [0.1, 0.15) is 0 Å². The lowest BCUT2D eigenvalue weighted by Gasteiger charge is -1.79. The van der Waals surface area contributed by atoms with Crippen LogP contribution in [-0.4, -0.2) is 11.4 Å². The minimum atomic E-state index is 0.0208. The Kier molecular flexibility index (Phi) is 3.71. The van der Waals surface area contributed by atoms with Gasteiger partial charge in [0.25, 0.3) is 0 Å². The van der Waals surface area contributed by atoms with Crippen molar-refractivity contribution >= 4 is 18.0 Å². The van der Waals surface area contributed by atoms with Gasteiger partial charge >= 0.3 is 0 Å². The molecule has 0 saturated heterocycles. The molecule has 0 aromatic heterocycles. The number of rotatable bonds is 2. The van der Waals surface area contributed by atoms with Gasteiger partial charge in [-0.3, -0.25) is 4.79 Å². The third-order valence-electron chi connectivity index (χ3n) is 0.407. The summed E-state index contributed by atoms with van der Waals surface area (Å²) in [7, 11) is 0. The summed E-state index contributed by atoms with van der Waals surface area (Å²) in [5.41, 5.74) is 0. The first kappa shape index (κ1) is 7.05. The van der Waals surface area contributed by atoms with Gasteiger partial charge < -0.3 is 5.11 Å². The summed E-state index contributed by atoms with van der Waals surface area (Å²) >= 11 is 0.625. The second kappa shape index (κ2) is 4.22. The van der Waals surface area contributed by atoms with Crippen LogP contribution < -0.4 is 0 Å². The van der Waals surface area contributed by atoms with Crippen LogP contribution in [0.25, 0.3) is 0 Å². The van der Waals surface area contributed by atoms with E-state index in [1.807, 2.05) is 0 Å². The Balaban J connectivity index is 3.77. The Morgan fingerprint density at radius 3 is 2.62 bits per heavy atom. The number of aliphatic hydroxyl groups excluding tert-OH is 1. The van der Waals surface area contributed by atoms with Crippen molar-refractivity contribution in [1.82, 2.24) is 0 Å². The number of carbonyl (C=O) groups is 1. The first-order valence-corrected chi connectivity index (χ1v) is 2.52. The molecule has 0 aliphatic rings. The number of nitrogens with zero attached hydrogens (tertiary/aromatic N) is 1. The van der Waals surface area contributed by atoms with Crippen molar-refractivity contribution in [2.24, 2.45) is 0 Å². The zero-order valence-corrected chi connectivity index (χ0v) is 4.68. The second-order valence-corrected chi connectivity index (χ2v) is 1.70. The summed E-state index contributed by atoms with van der Waals surface area (Å²) in [4.78, 5) is 9.75. The molecular weight excluding hydrogens is 126 g/mol. The Hall–Kier alpha value is -0.950. The Labute approximate surface area is 50.6 Å². The van der Waals surface area contributed by atoms with Gasteiger partial charge in [-0.25, -0.2) is 0 Å². The van der Waals surface area contributed by atoms with Crippen LogP contribution in [0, 0.1) is 10.7 Å². The van der Waals surface area contributed by atoms with E-state index in [-0.39, 0.29) is 4.91 Å². The average molecular weight is 129 g/mol. The van der Waals surface area contributed by atoms with Crippen molar-refractivity contribution in [3.8, 4) is 5.40 Å². The van der Waals surface area contributed by atoms with Crippen molar-refractivity contribution in [2.75, 3.05) is 0 Å². The van der Waals surface area contributed by atoms with Gasteiger partial charge in [0.05, 0.1) is 11.2 Å². The average Bonchev–Trinajstić information content (AvgIpc) is 1.83. The van der Waals surface area contributed by atoms with E-state index in [0.717, 1.165) is 0 Å². The van der Waals surface area contributed by atoms with Gasteiger partial charge in [-0.15, -0.1) is 0 Å². The Morgan fingerprint density at radius 1 is 1.88 bits per heavy atom. The minimum absolute atomic E-state index is 0.0208. The van der Waals surface area contributed by atoms with E-state index in [0.29, 0.717) is 24.3 Å². The normalized spacial score (nSPS) is 10.1. The first-order valence-electron chi connectivity index (χ1n) is 1.70. The highest BCUT2D eigenvalue weighted by molar-refractivity contribution is 8.08. The van der Waals surface area contributed by atoms with E-state index in [9.17, 15) is 4.79 Å². The molecule has 0 aliphatic heterocycles. The predicted molar refractivity (Wildman–Crippen MR) is 30.0 cm³/mol. The quantitative estimate of drug-likeness (QED) is 0.259. The highest BCUT2D eigenvalue weighted by Gasteiger charge is 1.90.